The maximum atomic E-state index is 13.4. The van der Waals surface area contributed by atoms with Crippen LogP contribution in [0.15, 0.2) is 35.6 Å². The van der Waals surface area contributed by atoms with Crippen molar-refractivity contribution in [2.45, 2.75) is 84.9 Å². The first kappa shape index (κ1) is 26.9. The van der Waals surface area contributed by atoms with Gasteiger partial charge in [0.1, 0.15) is 5.75 Å². The van der Waals surface area contributed by atoms with E-state index in [4.69, 9.17) is 4.74 Å². The molecule has 0 radical (unpaired) electrons. The van der Waals surface area contributed by atoms with Crippen LogP contribution in [0.3, 0.4) is 0 Å². The molecule has 1 heterocycles. The summed E-state index contributed by atoms with van der Waals surface area (Å²) in [5.74, 6) is 0.700. The van der Waals surface area contributed by atoms with Crippen LogP contribution in [0.1, 0.15) is 66.1 Å². The predicted octanol–water partition coefficient (Wildman–Crippen LogP) is 4.69. The van der Waals surface area contributed by atoms with Gasteiger partial charge < -0.3 is 14.2 Å². The standard InChI is InChI=1S/C25H39N3O4S/c1-18(2)15-28-21(16-27(19(3)4)23(29)13-25(5,6)7)14-26-24(28)33(30,31)17-20-10-9-11-22(12-20)32-8/h9-12,14,18-19H,13,15-17H2,1-8H3. The van der Waals surface area contributed by atoms with Crippen molar-refractivity contribution in [1.29, 1.82) is 0 Å². The second kappa shape index (κ2) is 10.7. The zero-order chi connectivity index (χ0) is 25.0. The Morgan fingerprint density at radius 1 is 1.18 bits per heavy atom. The second-order valence-corrected chi connectivity index (χ2v) is 12.4. The molecule has 8 heteroatoms. The monoisotopic (exact) mass is 477 g/mol. The number of methoxy groups -OCH3 is 1. The fourth-order valence-electron chi connectivity index (χ4n) is 3.66. The van der Waals surface area contributed by atoms with E-state index in [1.165, 1.54) is 0 Å². The van der Waals surface area contributed by atoms with E-state index in [9.17, 15) is 13.2 Å². The number of ether oxygens (including phenoxy) is 1. The Kier molecular flexibility index (Phi) is 8.74. The number of carbonyl (C=O) groups excluding carboxylic acids is 1. The molecular formula is C25H39N3O4S. The molecular weight excluding hydrogens is 438 g/mol. The molecule has 184 valence electrons. The SMILES string of the molecule is COc1cccc(CS(=O)(=O)c2ncc(CN(C(=O)CC(C)(C)C)C(C)C)n2CC(C)C)c1. The van der Waals surface area contributed by atoms with Gasteiger partial charge in [0.2, 0.25) is 20.9 Å². The Morgan fingerprint density at radius 2 is 1.85 bits per heavy atom. The van der Waals surface area contributed by atoms with Crippen LogP contribution in [0, 0.1) is 11.3 Å². The van der Waals surface area contributed by atoms with E-state index in [0.717, 1.165) is 5.69 Å². The molecule has 0 saturated carbocycles. The van der Waals surface area contributed by atoms with E-state index in [1.54, 1.807) is 47.0 Å². The van der Waals surface area contributed by atoms with Gasteiger partial charge in [0.05, 0.1) is 31.3 Å². The average Bonchev–Trinajstić information content (AvgIpc) is 3.06. The van der Waals surface area contributed by atoms with Gasteiger partial charge in [-0.2, -0.15) is 0 Å². The van der Waals surface area contributed by atoms with Gasteiger partial charge >= 0.3 is 0 Å². The third kappa shape index (κ3) is 7.59. The first-order chi connectivity index (χ1) is 15.2. The van der Waals surface area contributed by atoms with Gasteiger partial charge in [0.25, 0.3) is 0 Å². The first-order valence-corrected chi connectivity index (χ1v) is 13.1. The summed E-state index contributed by atoms with van der Waals surface area (Å²) in [6.07, 6.45) is 2.02. The van der Waals surface area contributed by atoms with E-state index in [0.29, 0.717) is 30.8 Å². The molecule has 7 nitrogen and oxygen atoms in total. The molecule has 0 aliphatic heterocycles. The fourth-order valence-corrected chi connectivity index (χ4v) is 5.15. The topological polar surface area (TPSA) is 81.5 Å². The van der Waals surface area contributed by atoms with E-state index < -0.39 is 9.84 Å². The smallest absolute Gasteiger partial charge is 0.228 e. The molecule has 2 aromatic rings. The zero-order valence-corrected chi connectivity index (χ0v) is 22.1. The highest BCUT2D eigenvalue weighted by Gasteiger charge is 2.28. The van der Waals surface area contributed by atoms with Crippen molar-refractivity contribution < 1.29 is 17.9 Å². The Bertz CT molecular complexity index is 1050. The Labute approximate surface area is 199 Å². The highest BCUT2D eigenvalue weighted by molar-refractivity contribution is 7.90. The Hall–Kier alpha value is -2.35. The summed E-state index contributed by atoms with van der Waals surface area (Å²) in [6.45, 7) is 15.0. The van der Waals surface area contributed by atoms with E-state index in [2.05, 4.69) is 4.98 Å². The number of benzene rings is 1. The van der Waals surface area contributed by atoms with Crippen molar-refractivity contribution in [1.82, 2.24) is 14.5 Å². The van der Waals surface area contributed by atoms with Gasteiger partial charge in [0, 0.05) is 19.0 Å². The van der Waals surface area contributed by atoms with Crippen molar-refractivity contribution >= 4 is 15.7 Å². The quantitative estimate of drug-likeness (QED) is 0.496. The number of sulfone groups is 1. The van der Waals surface area contributed by atoms with E-state index in [-0.39, 0.29) is 34.2 Å². The first-order valence-electron chi connectivity index (χ1n) is 11.4. The molecule has 0 atom stereocenters. The van der Waals surface area contributed by atoms with Crippen LogP contribution in [0.25, 0.3) is 0 Å². The van der Waals surface area contributed by atoms with Gasteiger partial charge in [-0.05, 0) is 42.9 Å². The van der Waals surface area contributed by atoms with Crippen LogP contribution in [-0.2, 0) is 33.5 Å². The predicted molar refractivity (Wildman–Crippen MR) is 131 cm³/mol. The lowest BCUT2D eigenvalue weighted by Crippen LogP contribution is -2.39. The van der Waals surface area contributed by atoms with Crippen molar-refractivity contribution in [3.8, 4) is 5.75 Å². The lowest BCUT2D eigenvalue weighted by atomic mass is 9.91. The summed E-state index contributed by atoms with van der Waals surface area (Å²) in [6, 6.07) is 7.03. The molecule has 0 aliphatic rings. The zero-order valence-electron chi connectivity index (χ0n) is 21.3. The van der Waals surface area contributed by atoms with Gasteiger partial charge in [-0.1, -0.05) is 46.8 Å². The Balaban J connectivity index is 2.41. The van der Waals surface area contributed by atoms with Crippen molar-refractivity contribution in [3.63, 3.8) is 0 Å². The number of rotatable bonds is 10. The van der Waals surface area contributed by atoms with Crippen LogP contribution in [-0.4, -0.2) is 41.9 Å². The molecule has 0 N–H and O–H groups in total. The summed E-state index contributed by atoms with van der Waals surface area (Å²) < 4.78 is 33.7. The fraction of sp³-hybridized carbons (Fsp3) is 0.600. The molecule has 0 fully saturated rings. The molecule has 1 amide bonds. The number of amides is 1. The molecule has 2 rings (SSSR count). The third-order valence-corrected chi connectivity index (χ3v) is 6.77. The number of hydrogen-bond donors (Lipinski definition) is 0. The van der Waals surface area contributed by atoms with Crippen LogP contribution < -0.4 is 4.74 Å². The second-order valence-electron chi connectivity index (χ2n) is 10.5. The van der Waals surface area contributed by atoms with E-state index >= 15 is 0 Å². The summed E-state index contributed by atoms with van der Waals surface area (Å²) in [4.78, 5) is 19.1. The van der Waals surface area contributed by atoms with Crippen LogP contribution >= 0.6 is 0 Å². The molecule has 33 heavy (non-hydrogen) atoms. The maximum Gasteiger partial charge on any atom is 0.228 e. The number of aromatic nitrogens is 2. The van der Waals surface area contributed by atoms with E-state index in [1.807, 2.05) is 48.5 Å². The van der Waals surface area contributed by atoms with Crippen molar-refractivity contribution in [2.24, 2.45) is 11.3 Å². The van der Waals surface area contributed by atoms with Crippen LogP contribution in [0.2, 0.25) is 0 Å². The summed E-state index contributed by atoms with van der Waals surface area (Å²) >= 11 is 0. The van der Waals surface area contributed by atoms with Gasteiger partial charge in [-0.25, -0.2) is 13.4 Å². The van der Waals surface area contributed by atoms with Crippen molar-refractivity contribution in [3.05, 3.63) is 41.7 Å². The minimum absolute atomic E-state index is 0.0147. The van der Waals surface area contributed by atoms with Gasteiger partial charge in [0.15, 0.2) is 0 Å². The highest BCUT2D eigenvalue weighted by Crippen LogP contribution is 2.25. The number of nitrogens with zero attached hydrogens (tertiary/aromatic N) is 3. The lowest BCUT2D eigenvalue weighted by Gasteiger charge is -2.30. The maximum absolute atomic E-state index is 13.4. The van der Waals surface area contributed by atoms with Crippen LogP contribution in [0.4, 0.5) is 0 Å². The lowest BCUT2D eigenvalue weighted by molar-refractivity contribution is -0.135. The molecule has 1 aromatic heterocycles. The number of imidazole rings is 1. The molecule has 0 saturated heterocycles. The average molecular weight is 478 g/mol. The summed E-state index contributed by atoms with van der Waals surface area (Å²) in [7, 11) is -2.15. The molecule has 0 spiro atoms. The molecule has 1 aromatic carbocycles. The van der Waals surface area contributed by atoms with Gasteiger partial charge in [-0.15, -0.1) is 0 Å². The number of carbonyl (C=O) groups is 1. The molecule has 0 unspecified atom stereocenters. The number of hydrogen-bond acceptors (Lipinski definition) is 5. The minimum atomic E-state index is -3.71. The largest absolute Gasteiger partial charge is 0.497 e. The van der Waals surface area contributed by atoms with Crippen molar-refractivity contribution in [2.75, 3.05) is 7.11 Å². The van der Waals surface area contributed by atoms with Crippen LogP contribution in [0.5, 0.6) is 5.75 Å². The highest BCUT2D eigenvalue weighted by atomic mass is 32.2. The normalized spacial score (nSPS) is 12.4. The molecule has 0 aliphatic carbocycles. The summed E-state index contributed by atoms with van der Waals surface area (Å²) in [5.41, 5.74) is 1.23. The third-order valence-electron chi connectivity index (χ3n) is 5.18. The summed E-state index contributed by atoms with van der Waals surface area (Å²) in [5, 5.41) is 0.0426. The molecule has 0 bridgehead atoms. The minimum Gasteiger partial charge on any atom is -0.497 e. The van der Waals surface area contributed by atoms with Gasteiger partial charge in [-0.3, -0.25) is 4.79 Å². The Morgan fingerprint density at radius 3 is 2.39 bits per heavy atom.